The number of nitrogens with zero attached hydrogens (tertiary/aromatic N) is 3. The second-order valence-corrected chi connectivity index (χ2v) is 7.78. The van der Waals surface area contributed by atoms with Gasteiger partial charge in [0.25, 0.3) is 5.91 Å². The van der Waals surface area contributed by atoms with Gasteiger partial charge in [-0.15, -0.1) is 0 Å². The van der Waals surface area contributed by atoms with Crippen LogP contribution < -0.4 is 5.32 Å². The van der Waals surface area contributed by atoms with E-state index in [9.17, 15) is 14.0 Å². The lowest BCUT2D eigenvalue weighted by Crippen LogP contribution is -2.30. The van der Waals surface area contributed by atoms with Crippen LogP contribution in [-0.2, 0) is 4.79 Å². The molecule has 4 rings (SSSR count). The van der Waals surface area contributed by atoms with Crippen LogP contribution >= 0.6 is 0 Å². The van der Waals surface area contributed by atoms with Gasteiger partial charge in [0.1, 0.15) is 11.5 Å². The molecule has 1 fully saturated rings. The molecule has 0 bridgehead atoms. The van der Waals surface area contributed by atoms with Crippen molar-refractivity contribution in [1.82, 2.24) is 20.0 Å². The molecule has 1 aliphatic heterocycles. The molecular formula is C24H25FN4O2. The number of carbonyl (C=O) groups is 2. The number of likely N-dealkylation sites (tertiary alicyclic amines) is 1. The highest BCUT2D eigenvalue weighted by atomic mass is 19.1. The standard InChI is InChI=1S/C24H25FN4O2/c1-17-5-2-6-18(15-17)23-21(16-29(27-23)20-10-8-19(25)9-11-20)24(31)26-12-4-14-28-13-3-7-22(28)30/h2,5-6,8-11,15-16H,3-4,7,12-14H2,1H3,(H,26,31). The number of aryl methyl sites for hydroxylation is 1. The minimum Gasteiger partial charge on any atom is -0.352 e. The van der Waals surface area contributed by atoms with Crippen molar-refractivity contribution in [2.24, 2.45) is 0 Å². The SMILES string of the molecule is Cc1cccc(-c2nn(-c3ccc(F)cc3)cc2C(=O)NCCCN2CCCC2=O)c1. The minimum atomic E-state index is -0.329. The first kappa shape index (κ1) is 20.8. The molecule has 0 aliphatic carbocycles. The van der Waals surface area contributed by atoms with E-state index >= 15 is 0 Å². The Morgan fingerprint density at radius 1 is 1.19 bits per heavy atom. The molecule has 1 saturated heterocycles. The van der Waals surface area contributed by atoms with E-state index in [0.717, 1.165) is 24.1 Å². The van der Waals surface area contributed by atoms with E-state index in [4.69, 9.17) is 0 Å². The molecule has 7 heteroatoms. The van der Waals surface area contributed by atoms with Crippen LogP contribution in [0.3, 0.4) is 0 Å². The van der Waals surface area contributed by atoms with Gasteiger partial charge in [-0.05, 0) is 50.1 Å². The fourth-order valence-electron chi connectivity index (χ4n) is 3.78. The summed E-state index contributed by atoms with van der Waals surface area (Å²) in [7, 11) is 0. The Bertz CT molecular complexity index is 1090. The monoisotopic (exact) mass is 420 g/mol. The predicted octanol–water partition coefficient (Wildman–Crippen LogP) is 3.73. The first-order valence-electron chi connectivity index (χ1n) is 10.5. The summed E-state index contributed by atoms with van der Waals surface area (Å²) in [5.74, 6) is -0.365. The molecule has 3 aromatic rings. The lowest BCUT2D eigenvalue weighted by molar-refractivity contribution is -0.127. The number of halogens is 1. The van der Waals surface area contributed by atoms with Gasteiger partial charge in [-0.25, -0.2) is 9.07 Å². The van der Waals surface area contributed by atoms with Crippen LogP contribution in [0.4, 0.5) is 4.39 Å². The predicted molar refractivity (Wildman–Crippen MR) is 116 cm³/mol. The number of rotatable bonds is 7. The van der Waals surface area contributed by atoms with E-state index in [1.54, 1.807) is 23.0 Å². The summed E-state index contributed by atoms with van der Waals surface area (Å²) in [6.45, 7) is 3.91. The minimum absolute atomic E-state index is 0.189. The van der Waals surface area contributed by atoms with Crippen LogP contribution in [0.1, 0.15) is 35.2 Å². The van der Waals surface area contributed by atoms with Crippen LogP contribution in [0.5, 0.6) is 0 Å². The zero-order chi connectivity index (χ0) is 21.8. The van der Waals surface area contributed by atoms with Gasteiger partial charge in [-0.1, -0.05) is 23.8 Å². The summed E-state index contributed by atoms with van der Waals surface area (Å²) < 4.78 is 14.9. The van der Waals surface area contributed by atoms with Gasteiger partial charge in [0.2, 0.25) is 5.91 Å². The van der Waals surface area contributed by atoms with Gasteiger partial charge < -0.3 is 10.2 Å². The first-order valence-corrected chi connectivity index (χ1v) is 10.5. The summed E-state index contributed by atoms with van der Waals surface area (Å²) in [6, 6.07) is 13.8. The maximum absolute atomic E-state index is 13.3. The number of carbonyl (C=O) groups excluding carboxylic acids is 2. The first-order chi connectivity index (χ1) is 15.0. The molecule has 0 spiro atoms. The fraction of sp³-hybridized carbons (Fsp3) is 0.292. The summed E-state index contributed by atoms with van der Waals surface area (Å²) in [4.78, 5) is 26.5. The number of hydrogen-bond acceptors (Lipinski definition) is 3. The van der Waals surface area contributed by atoms with Gasteiger partial charge in [0.05, 0.1) is 11.3 Å². The van der Waals surface area contributed by atoms with Crippen LogP contribution in [0.25, 0.3) is 16.9 Å². The van der Waals surface area contributed by atoms with Gasteiger partial charge in [-0.3, -0.25) is 9.59 Å². The third-order valence-corrected chi connectivity index (χ3v) is 5.40. The normalized spacial score (nSPS) is 13.6. The molecule has 2 amide bonds. The van der Waals surface area contributed by atoms with E-state index in [2.05, 4.69) is 10.4 Å². The maximum Gasteiger partial charge on any atom is 0.255 e. The molecule has 0 unspecified atom stereocenters. The van der Waals surface area contributed by atoms with Gasteiger partial charge in [-0.2, -0.15) is 5.10 Å². The lowest BCUT2D eigenvalue weighted by Gasteiger charge is -2.15. The van der Waals surface area contributed by atoms with E-state index in [1.807, 2.05) is 36.1 Å². The zero-order valence-electron chi connectivity index (χ0n) is 17.5. The quantitative estimate of drug-likeness (QED) is 0.593. The molecule has 1 aromatic heterocycles. The molecule has 160 valence electrons. The molecule has 1 N–H and O–H groups in total. The molecule has 2 aromatic carbocycles. The highest BCUT2D eigenvalue weighted by molar-refractivity contribution is 6.00. The average molecular weight is 420 g/mol. The van der Waals surface area contributed by atoms with E-state index in [-0.39, 0.29) is 17.6 Å². The second-order valence-electron chi connectivity index (χ2n) is 7.78. The second kappa shape index (κ2) is 9.12. The molecular weight excluding hydrogens is 395 g/mol. The van der Waals surface area contributed by atoms with Crippen LogP contribution in [0, 0.1) is 12.7 Å². The number of hydrogen-bond donors (Lipinski definition) is 1. The van der Waals surface area contributed by atoms with Crippen LogP contribution in [0.15, 0.2) is 54.7 Å². The van der Waals surface area contributed by atoms with Crippen molar-refractivity contribution in [3.8, 4) is 16.9 Å². The Balaban J connectivity index is 1.53. The number of benzene rings is 2. The molecule has 0 atom stereocenters. The Kier molecular flexibility index (Phi) is 6.11. The Morgan fingerprint density at radius 2 is 2.00 bits per heavy atom. The highest BCUT2D eigenvalue weighted by Crippen LogP contribution is 2.25. The number of amides is 2. The van der Waals surface area contributed by atoms with Crippen LogP contribution in [-0.4, -0.2) is 46.1 Å². The zero-order valence-corrected chi connectivity index (χ0v) is 17.5. The van der Waals surface area contributed by atoms with Gasteiger partial charge in [0.15, 0.2) is 0 Å². The van der Waals surface area contributed by atoms with E-state index in [0.29, 0.717) is 42.9 Å². The van der Waals surface area contributed by atoms with E-state index in [1.165, 1.54) is 12.1 Å². The Hall–Kier alpha value is -3.48. The molecule has 0 radical (unpaired) electrons. The highest BCUT2D eigenvalue weighted by Gasteiger charge is 2.21. The van der Waals surface area contributed by atoms with Crippen LogP contribution in [0.2, 0.25) is 0 Å². The van der Waals surface area contributed by atoms with Crippen molar-refractivity contribution < 1.29 is 14.0 Å². The number of aromatic nitrogens is 2. The molecule has 6 nitrogen and oxygen atoms in total. The summed E-state index contributed by atoms with van der Waals surface area (Å²) in [6.07, 6.45) is 3.90. The van der Waals surface area contributed by atoms with Crippen molar-refractivity contribution in [3.63, 3.8) is 0 Å². The molecule has 31 heavy (non-hydrogen) atoms. The summed E-state index contributed by atoms with van der Waals surface area (Å²) in [5.41, 5.74) is 3.60. The third-order valence-electron chi connectivity index (χ3n) is 5.40. The molecule has 2 heterocycles. The van der Waals surface area contributed by atoms with Crippen molar-refractivity contribution >= 4 is 11.8 Å². The Labute approximate surface area is 180 Å². The summed E-state index contributed by atoms with van der Waals surface area (Å²) >= 11 is 0. The fourth-order valence-corrected chi connectivity index (χ4v) is 3.78. The largest absolute Gasteiger partial charge is 0.352 e. The smallest absolute Gasteiger partial charge is 0.255 e. The van der Waals surface area contributed by atoms with Gasteiger partial charge in [0, 0.05) is 37.8 Å². The average Bonchev–Trinajstić information content (AvgIpc) is 3.38. The van der Waals surface area contributed by atoms with Crippen molar-refractivity contribution in [1.29, 1.82) is 0 Å². The molecule has 1 aliphatic rings. The van der Waals surface area contributed by atoms with Crippen molar-refractivity contribution in [2.75, 3.05) is 19.6 Å². The third kappa shape index (κ3) is 4.82. The Morgan fingerprint density at radius 3 is 2.71 bits per heavy atom. The topological polar surface area (TPSA) is 67.2 Å². The number of nitrogens with one attached hydrogen (secondary N) is 1. The molecule has 0 saturated carbocycles. The maximum atomic E-state index is 13.3. The van der Waals surface area contributed by atoms with E-state index < -0.39 is 0 Å². The summed E-state index contributed by atoms with van der Waals surface area (Å²) in [5, 5.41) is 7.57. The van der Waals surface area contributed by atoms with Gasteiger partial charge >= 0.3 is 0 Å². The lowest BCUT2D eigenvalue weighted by atomic mass is 10.1. The van der Waals surface area contributed by atoms with Crippen molar-refractivity contribution in [2.45, 2.75) is 26.2 Å². The van der Waals surface area contributed by atoms with Crippen molar-refractivity contribution in [3.05, 3.63) is 71.7 Å².